The molecule has 0 aromatic carbocycles. The maximum absolute atomic E-state index is 12.1. The first-order valence-corrected chi connectivity index (χ1v) is 6.40. The van der Waals surface area contributed by atoms with Crippen molar-refractivity contribution in [3.8, 4) is 0 Å². The molecule has 0 saturated carbocycles. The lowest BCUT2D eigenvalue weighted by Gasteiger charge is -2.30. The van der Waals surface area contributed by atoms with Gasteiger partial charge in [-0.1, -0.05) is 13.3 Å². The highest BCUT2D eigenvalue weighted by molar-refractivity contribution is 6.05. The molecule has 2 rings (SSSR count). The molecular weight excluding hydrogens is 220 g/mol. The van der Waals surface area contributed by atoms with Crippen LogP contribution in [0, 0.1) is 0 Å². The normalized spacial score (nSPS) is 26.9. The number of morpholine rings is 1. The summed E-state index contributed by atoms with van der Waals surface area (Å²) in [5.74, 6) is -0.0229. The highest BCUT2D eigenvalue weighted by atomic mass is 16.5. The van der Waals surface area contributed by atoms with Crippen molar-refractivity contribution < 1.29 is 14.3 Å². The fraction of sp³-hybridized carbons (Fsp3) is 0.833. The van der Waals surface area contributed by atoms with Gasteiger partial charge < -0.3 is 4.74 Å². The number of ether oxygens (including phenoxy) is 1. The van der Waals surface area contributed by atoms with Crippen LogP contribution in [0.1, 0.15) is 26.2 Å². The van der Waals surface area contributed by atoms with Gasteiger partial charge in [-0.15, -0.1) is 0 Å². The number of hydrogen-bond donors (Lipinski definition) is 0. The van der Waals surface area contributed by atoms with E-state index in [0.29, 0.717) is 26.2 Å². The number of imide groups is 1. The number of nitrogens with zero attached hydrogens (tertiary/aromatic N) is 2. The fourth-order valence-electron chi connectivity index (χ4n) is 2.39. The Labute approximate surface area is 102 Å². The summed E-state index contributed by atoms with van der Waals surface area (Å²) in [5.41, 5.74) is 0. The third kappa shape index (κ3) is 2.66. The Morgan fingerprint density at radius 3 is 2.65 bits per heavy atom. The standard InChI is InChI=1S/C12H20N2O3/c1-2-3-4-14-11(15)9-10(12(14)16)13-5-7-17-8-6-13/h10H,2-9H2,1H3/t10-/m1/s1. The second-order valence-electron chi connectivity index (χ2n) is 4.61. The van der Waals surface area contributed by atoms with E-state index in [1.54, 1.807) is 0 Å². The number of carbonyl (C=O) groups is 2. The van der Waals surface area contributed by atoms with E-state index >= 15 is 0 Å². The summed E-state index contributed by atoms with van der Waals surface area (Å²) in [5, 5.41) is 0. The van der Waals surface area contributed by atoms with Gasteiger partial charge >= 0.3 is 0 Å². The zero-order valence-corrected chi connectivity index (χ0v) is 10.4. The maximum Gasteiger partial charge on any atom is 0.247 e. The molecule has 0 N–H and O–H groups in total. The van der Waals surface area contributed by atoms with Crippen LogP contribution < -0.4 is 0 Å². The highest BCUT2D eigenvalue weighted by Gasteiger charge is 2.41. The molecule has 2 amide bonds. The lowest BCUT2D eigenvalue weighted by Crippen LogP contribution is -2.47. The van der Waals surface area contributed by atoms with Crippen LogP contribution in [0.3, 0.4) is 0 Å². The van der Waals surface area contributed by atoms with Crippen molar-refractivity contribution >= 4 is 11.8 Å². The minimum atomic E-state index is -0.233. The maximum atomic E-state index is 12.1. The molecule has 5 nitrogen and oxygen atoms in total. The number of unbranched alkanes of at least 4 members (excludes halogenated alkanes) is 1. The van der Waals surface area contributed by atoms with Gasteiger partial charge in [0.25, 0.3) is 0 Å². The van der Waals surface area contributed by atoms with Crippen molar-refractivity contribution in [2.24, 2.45) is 0 Å². The molecule has 2 fully saturated rings. The third-order valence-electron chi connectivity index (χ3n) is 3.44. The summed E-state index contributed by atoms with van der Waals surface area (Å²) >= 11 is 0. The summed E-state index contributed by atoms with van der Waals surface area (Å²) in [4.78, 5) is 27.4. The topological polar surface area (TPSA) is 49.9 Å². The first kappa shape index (κ1) is 12.5. The quantitative estimate of drug-likeness (QED) is 0.661. The number of amides is 2. The Kier molecular flexibility index (Phi) is 4.12. The number of hydrogen-bond acceptors (Lipinski definition) is 4. The lowest BCUT2D eigenvalue weighted by atomic mass is 10.2. The molecule has 0 spiro atoms. The second-order valence-corrected chi connectivity index (χ2v) is 4.61. The van der Waals surface area contributed by atoms with Crippen LogP contribution in [0.4, 0.5) is 0 Å². The predicted molar refractivity (Wildman–Crippen MR) is 62.4 cm³/mol. The first-order chi connectivity index (χ1) is 8.24. The third-order valence-corrected chi connectivity index (χ3v) is 3.44. The van der Waals surface area contributed by atoms with Gasteiger partial charge in [0.1, 0.15) is 0 Å². The molecule has 1 atom stereocenters. The number of rotatable bonds is 4. The largest absolute Gasteiger partial charge is 0.379 e. The monoisotopic (exact) mass is 240 g/mol. The van der Waals surface area contributed by atoms with Crippen molar-refractivity contribution in [1.29, 1.82) is 0 Å². The van der Waals surface area contributed by atoms with Gasteiger partial charge in [0.15, 0.2) is 0 Å². The van der Waals surface area contributed by atoms with Crippen LogP contribution in [-0.4, -0.2) is 60.5 Å². The zero-order chi connectivity index (χ0) is 12.3. The van der Waals surface area contributed by atoms with Crippen LogP contribution in [0.2, 0.25) is 0 Å². The van der Waals surface area contributed by atoms with E-state index in [1.807, 2.05) is 0 Å². The second kappa shape index (κ2) is 5.60. The van der Waals surface area contributed by atoms with Gasteiger partial charge in [0.05, 0.1) is 25.7 Å². The molecule has 0 radical (unpaired) electrons. The van der Waals surface area contributed by atoms with Crippen molar-refractivity contribution in [2.75, 3.05) is 32.8 Å². The molecule has 0 aliphatic carbocycles. The average Bonchev–Trinajstić information content (AvgIpc) is 2.64. The van der Waals surface area contributed by atoms with E-state index in [1.165, 1.54) is 4.90 Å². The molecule has 2 aliphatic rings. The number of carbonyl (C=O) groups excluding carboxylic acids is 2. The van der Waals surface area contributed by atoms with E-state index in [4.69, 9.17) is 4.74 Å². The molecule has 96 valence electrons. The Hall–Kier alpha value is -0.940. The Bertz CT molecular complexity index is 300. The van der Waals surface area contributed by atoms with Crippen LogP contribution >= 0.6 is 0 Å². The fourth-order valence-corrected chi connectivity index (χ4v) is 2.39. The van der Waals surface area contributed by atoms with Crippen LogP contribution in [0.15, 0.2) is 0 Å². The summed E-state index contributed by atoms with van der Waals surface area (Å²) in [7, 11) is 0. The molecule has 2 heterocycles. The van der Waals surface area contributed by atoms with E-state index in [9.17, 15) is 9.59 Å². The van der Waals surface area contributed by atoms with Crippen molar-refractivity contribution in [1.82, 2.24) is 9.80 Å². The Morgan fingerprint density at radius 1 is 1.29 bits per heavy atom. The molecule has 0 aromatic rings. The van der Waals surface area contributed by atoms with Gasteiger partial charge in [-0.3, -0.25) is 19.4 Å². The molecule has 0 unspecified atom stereocenters. The van der Waals surface area contributed by atoms with Gasteiger partial charge in [-0.25, -0.2) is 0 Å². The van der Waals surface area contributed by atoms with Crippen molar-refractivity contribution in [2.45, 2.75) is 32.2 Å². The zero-order valence-electron chi connectivity index (χ0n) is 10.4. The Balaban J connectivity index is 1.96. The van der Waals surface area contributed by atoms with Gasteiger partial charge in [-0.05, 0) is 6.42 Å². The first-order valence-electron chi connectivity index (χ1n) is 6.40. The van der Waals surface area contributed by atoms with E-state index in [0.717, 1.165) is 25.9 Å². The molecule has 0 bridgehead atoms. The van der Waals surface area contributed by atoms with Crippen LogP contribution in [-0.2, 0) is 14.3 Å². The van der Waals surface area contributed by atoms with E-state index < -0.39 is 0 Å². The van der Waals surface area contributed by atoms with E-state index in [-0.39, 0.29) is 17.9 Å². The molecule has 0 aromatic heterocycles. The van der Waals surface area contributed by atoms with Crippen LogP contribution in [0.25, 0.3) is 0 Å². The molecule has 5 heteroatoms. The molecule has 2 aliphatic heterocycles. The molecule has 17 heavy (non-hydrogen) atoms. The van der Waals surface area contributed by atoms with Gasteiger partial charge in [0, 0.05) is 19.6 Å². The van der Waals surface area contributed by atoms with Crippen LogP contribution in [0.5, 0.6) is 0 Å². The summed E-state index contributed by atoms with van der Waals surface area (Å²) in [6.45, 7) is 5.47. The highest BCUT2D eigenvalue weighted by Crippen LogP contribution is 2.20. The summed E-state index contributed by atoms with van der Waals surface area (Å²) in [6, 6.07) is -0.233. The number of likely N-dealkylation sites (tertiary alicyclic amines) is 1. The van der Waals surface area contributed by atoms with E-state index in [2.05, 4.69) is 11.8 Å². The van der Waals surface area contributed by atoms with Crippen molar-refractivity contribution in [3.05, 3.63) is 0 Å². The minimum Gasteiger partial charge on any atom is -0.379 e. The van der Waals surface area contributed by atoms with Gasteiger partial charge in [-0.2, -0.15) is 0 Å². The van der Waals surface area contributed by atoms with Gasteiger partial charge in [0.2, 0.25) is 11.8 Å². The lowest BCUT2D eigenvalue weighted by molar-refractivity contribution is -0.140. The SMILES string of the molecule is CCCCN1C(=O)C[C@@H](N2CCOCC2)C1=O. The smallest absolute Gasteiger partial charge is 0.247 e. The minimum absolute atomic E-state index is 0.00894. The molecular formula is C12H20N2O3. The average molecular weight is 240 g/mol. The molecule has 2 saturated heterocycles. The Morgan fingerprint density at radius 2 is 2.00 bits per heavy atom. The summed E-state index contributed by atoms with van der Waals surface area (Å²) < 4.78 is 5.26. The summed E-state index contributed by atoms with van der Waals surface area (Å²) in [6.07, 6.45) is 2.25. The predicted octanol–water partition coefficient (Wildman–Crippen LogP) is 0.246. The van der Waals surface area contributed by atoms with Crippen molar-refractivity contribution in [3.63, 3.8) is 0 Å².